The predicted octanol–water partition coefficient (Wildman–Crippen LogP) is 3.99. The van der Waals surface area contributed by atoms with Gasteiger partial charge in [-0.2, -0.15) is 0 Å². The average molecular weight is 354 g/mol. The van der Waals surface area contributed by atoms with Gasteiger partial charge in [0.1, 0.15) is 0 Å². The van der Waals surface area contributed by atoms with E-state index in [1.54, 1.807) is 0 Å². The lowest BCUT2D eigenvalue weighted by Crippen LogP contribution is -2.26. The van der Waals surface area contributed by atoms with Crippen LogP contribution in [0.15, 0.2) is 60.9 Å². The largest absolute Gasteiger partial charge is 0.345 e. The Balaban J connectivity index is 1.65. The van der Waals surface area contributed by atoms with Crippen molar-refractivity contribution < 1.29 is 13.6 Å². The minimum absolute atomic E-state index is 0.163. The minimum atomic E-state index is -0.971. The molecule has 0 spiro atoms. The van der Waals surface area contributed by atoms with E-state index in [0.717, 1.165) is 17.7 Å². The molecule has 1 aromatic heterocycles. The van der Waals surface area contributed by atoms with Gasteiger partial charge in [-0.3, -0.25) is 4.79 Å². The molecular weight excluding hydrogens is 338 g/mol. The molecule has 7 heteroatoms. The molecule has 3 aromatic rings. The number of carbonyl (C=O) groups is 1. The summed E-state index contributed by atoms with van der Waals surface area (Å²) in [5.41, 5.74) is 1.58. The molecule has 0 aliphatic carbocycles. The summed E-state index contributed by atoms with van der Waals surface area (Å²) in [7, 11) is 0. The molecule has 0 saturated carbocycles. The second-order valence-electron chi connectivity index (χ2n) is 5.66. The van der Waals surface area contributed by atoms with Crippen LogP contribution < -0.4 is 10.6 Å². The molecule has 2 N–H and O–H groups in total. The Morgan fingerprint density at radius 2 is 1.69 bits per heavy atom. The van der Waals surface area contributed by atoms with Crippen molar-refractivity contribution in [3.05, 3.63) is 83.7 Å². The first-order chi connectivity index (χ1) is 12.5. The highest BCUT2D eigenvalue weighted by Gasteiger charge is 2.12. The van der Waals surface area contributed by atoms with Gasteiger partial charge in [0.05, 0.1) is 11.6 Å². The molecule has 0 aliphatic rings. The summed E-state index contributed by atoms with van der Waals surface area (Å²) in [6.45, 7) is 1.88. The van der Waals surface area contributed by atoms with Gasteiger partial charge in [0, 0.05) is 24.1 Å². The van der Waals surface area contributed by atoms with E-state index < -0.39 is 11.6 Å². The van der Waals surface area contributed by atoms with Crippen LogP contribution in [0.25, 0.3) is 0 Å². The van der Waals surface area contributed by atoms with Crippen molar-refractivity contribution in [2.75, 3.05) is 5.32 Å². The second-order valence-corrected chi connectivity index (χ2v) is 5.66. The molecular formula is C19H16F2N4O. The van der Waals surface area contributed by atoms with Crippen LogP contribution in [0.5, 0.6) is 0 Å². The molecule has 5 nitrogen and oxygen atoms in total. The Bertz CT molecular complexity index is 901. The van der Waals surface area contributed by atoms with Gasteiger partial charge in [-0.25, -0.2) is 18.7 Å². The number of hydrogen-bond acceptors (Lipinski definition) is 4. The number of benzene rings is 2. The van der Waals surface area contributed by atoms with Crippen molar-refractivity contribution in [2.24, 2.45) is 0 Å². The number of carbonyl (C=O) groups excluding carboxylic acids is 1. The third-order valence-corrected chi connectivity index (χ3v) is 3.74. The van der Waals surface area contributed by atoms with E-state index in [2.05, 4.69) is 20.6 Å². The van der Waals surface area contributed by atoms with Crippen molar-refractivity contribution in [1.82, 2.24) is 15.3 Å². The maximum absolute atomic E-state index is 13.2. The average Bonchev–Trinajstić information content (AvgIpc) is 2.66. The van der Waals surface area contributed by atoms with Crippen molar-refractivity contribution in [1.29, 1.82) is 0 Å². The van der Waals surface area contributed by atoms with Crippen molar-refractivity contribution in [3.63, 3.8) is 0 Å². The molecule has 0 saturated heterocycles. The Morgan fingerprint density at radius 3 is 2.35 bits per heavy atom. The normalized spacial score (nSPS) is 11.7. The molecule has 1 heterocycles. The van der Waals surface area contributed by atoms with Gasteiger partial charge < -0.3 is 10.6 Å². The number of rotatable bonds is 5. The lowest BCUT2D eigenvalue weighted by molar-refractivity contribution is 0.0939. The first-order valence-corrected chi connectivity index (χ1v) is 7.93. The Labute approximate surface area is 149 Å². The van der Waals surface area contributed by atoms with Crippen LogP contribution in [0.4, 0.5) is 20.4 Å². The molecule has 3 rings (SSSR count). The SMILES string of the molecule is CC(NC(=O)c1cnc(Nc2ccc(F)c(F)c2)nc1)c1ccccc1. The summed E-state index contributed by atoms with van der Waals surface area (Å²) in [5.74, 6) is -2.04. The molecule has 0 bridgehead atoms. The molecule has 2 aromatic carbocycles. The summed E-state index contributed by atoms with van der Waals surface area (Å²) in [6.07, 6.45) is 2.73. The maximum Gasteiger partial charge on any atom is 0.254 e. The molecule has 132 valence electrons. The lowest BCUT2D eigenvalue weighted by Gasteiger charge is -2.14. The van der Waals surface area contributed by atoms with Crippen molar-refractivity contribution >= 4 is 17.5 Å². The van der Waals surface area contributed by atoms with E-state index in [1.807, 2.05) is 37.3 Å². The van der Waals surface area contributed by atoms with Gasteiger partial charge in [0.2, 0.25) is 5.95 Å². The second kappa shape index (κ2) is 7.69. The highest BCUT2D eigenvalue weighted by molar-refractivity contribution is 5.93. The number of nitrogens with zero attached hydrogens (tertiary/aromatic N) is 2. The molecule has 1 unspecified atom stereocenters. The van der Waals surface area contributed by atoms with Crippen LogP contribution in [0.3, 0.4) is 0 Å². The number of halogens is 2. The highest BCUT2D eigenvalue weighted by atomic mass is 19.2. The molecule has 26 heavy (non-hydrogen) atoms. The Hall–Kier alpha value is -3.35. The van der Waals surface area contributed by atoms with Crippen molar-refractivity contribution in [2.45, 2.75) is 13.0 Å². The fourth-order valence-electron chi connectivity index (χ4n) is 2.32. The zero-order chi connectivity index (χ0) is 18.5. The fourth-order valence-corrected chi connectivity index (χ4v) is 2.32. The summed E-state index contributed by atoms with van der Waals surface area (Å²) >= 11 is 0. The van der Waals surface area contributed by atoms with E-state index in [1.165, 1.54) is 18.5 Å². The van der Waals surface area contributed by atoms with Gasteiger partial charge in [0.25, 0.3) is 5.91 Å². The molecule has 0 fully saturated rings. The molecule has 1 atom stereocenters. The lowest BCUT2D eigenvalue weighted by atomic mass is 10.1. The number of anilines is 2. The minimum Gasteiger partial charge on any atom is -0.345 e. The summed E-state index contributed by atoms with van der Waals surface area (Å²) in [6, 6.07) is 12.8. The summed E-state index contributed by atoms with van der Waals surface area (Å²) in [5, 5.41) is 5.61. The van der Waals surface area contributed by atoms with Gasteiger partial charge in [0.15, 0.2) is 11.6 Å². The van der Waals surface area contributed by atoms with E-state index in [9.17, 15) is 13.6 Å². The third kappa shape index (κ3) is 4.18. The topological polar surface area (TPSA) is 66.9 Å². The molecule has 0 radical (unpaired) electrons. The maximum atomic E-state index is 13.2. The molecule has 0 aliphatic heterocycles. The summed E-state index contributed by atoms with van der Waals surface area (Å²) in [4.78, 5) is 20.3. The number of nitrogens with one attached hydrogen (secondary N) is 2. The van der Waals surface area contributed by atoms with Crippen LogP contribution in [-0.4, -0.2) is 15.9 Å². The van der Waals surface area contributed by atoms with Crippen LogP contribution in [0, 0.1) is 11.6 Å². The van der Waals surface area contributed by atoms with Crippen LogP contribution in [-0.2, 0) is 0 Å². The van der Waals surface area contributed by atoms with E-state index in [4.69, 9.17) is 0 Å². The standard InChI is InChI=1S/C19H16F2N4O/c1-12(13-5-3-2-4-6-13)24-18(26)14-10-22-19(23-11-14)25-15-7-8-16(20)17(21)9-15/h2-12H,1H3,(H,24,26)(H,22,23,25). The monoisotopic (exact) mass is 354 g/mol. The van der Waals surface area contributed by atoms with Crippen molar-refractivity contribution in [3.8, 4) is 0 Å². The van der Waals surface area contributed by atoms with E-state index >= 15 is 0 Å². The van der Waals surface area contributed by atoms with Crippen LogP contribution >= 0.6 is 0 Å². The predicted molar refractivity (Wildman–Crippen MR) is 94.0 cm³/mol. The summed E-state index contributed by atoms with van der Waals surface area (Å²) < 4.78 is 26.1. The zero-order valence-corrected chi connectivity index (χ0v) is 13.9. The number of hydrogen-bond donors (Lipinski definition) is 2. The van der Waals surface area contributed by atoms with Gasteiger partial charge >= 0.3 is 0 Å². The Kier molecular flexibility index (Phi) is 5.17. The van der Waals surface area contributed by atoms with Crippen LogP contribution in [0.2, 0.25) is 0 Å². The smallest absolute Gasteiger partial charge is 0.254 e. The fraction of sp³-hybridized carbons (Fsp3) is 0.105. The van der Waals surface area contributed by atoms with Crippen LogP contribution in [0.1, 0.15) is 28.9 Å². The van der Waals surface area contributed by atoms with E-state index in [-0.39, 0.29) is 17.9 Å². The zero-order valence-electron chi connectivity index (χ0n) is 13.9. The van der Waals surface area contributed by atoms with Gasteiger partial charge in [-0.1, -0.05) is 30.3 Å². The Morgan fingerprint density at radius 1 is 1.00 bits per heavy atom. The highest BCUT2D eigenvalue weighted by Crippen LogP contribution is 2.17. The van der Waals surface area contributed by atoms with Gasteiger partial charge in [-0.05, 0) is 24.6 Å². The molecule has 1 amide bonds. The third-order valence-electron chi connectivity index (χ3n) is 3.74. The quantitative estimate of drug-likeness (QED) is 0.727. The first kappa shape index (κ1) is 17.5. The number of amides is 1. The van der Waals surface area contributed by atoms with Gasteiger partial charge in [-0.15, -0.1) is 0 Å². The van der Waals surface area contributed by atoms with E-state index in [0.29, 0.717) is 11.3 Å². The number of aromatic nitrogens is 2. The first-order valence-electron chi connectivity index (χ1n) is 7.93.